The van der Waals surface area contributed by atoms with E-state index in [-0.39, 0.29) is 10.3 Å². The normalized spacial score (nSPS) is 15.7. The highest BCUT2D eigenvalue weighted by atomic mass is 79.9. The van der Waals surface area contributed by atoms with Gasteiger partial charge in [0.2, 0.25) is 0 Å². The number of hydrogen-bond acceptors (Lipinski definition) is 5. The van der Waals surface area contributed by atoms with Crippen LogP contribution in [0.5, 0.6) is 0 Å². The molecule has 0 amide bonds. The van der Waals surface area contributed by atoms with E-state index >= 15 is 0 Å². The molecule has 0 atom stereocenters. The largest absolute Gasteiger partial charge is 0.364 e. The van der Waals surface area contributed by atoms with Crippen LogP contribution in [0.3, 0.4) is 0 Å². The Morgan fingerprint density at radius 1 is 1.37 bits per heavy atom. The third-order valence-electron chi connectivity index (χ3n) is 4.79. The van der Waals surface area contributed by atoms with Crippen molar-refractivity contribution in [3.05, 3.63) is 46.0 Å². The molecule has 144 valence electrons. The molecule has 27 heavy (non-hydrogen) atoms. The molecule has 3 N–H and O–H groups in total. The summed E-state index contributed by atoms with van der Waals surface area (Å²) in [5.41, 5.74) is 4.11. The molecule has 0 saturated heterocycles. The highest BCUT2D eigenvalue weighted by molar-refractivity contribution is 9.10. The highest BCUT2D eigenvalue weighted by Crippen LogP contribution is 2.27. The first-order chi connectivity index (χ1) is 13.1. The van der Waals surface area contributed by atoms with Gasteiger partial charge >= 0.3 is 0 Å². The molecule has 0 radical (unpaired) electrons. The maximum Gasteiger partial charge on any atom is 0.162 e. The smallest absolute Gasteiger partial charge is 0.162 e. The number of hydrogen-bond donors (Lipinski definition) is 3. The summed E-state index contributed by atoms with van der Waals surface area (Å²) in [5, 5.41) is 21.8. The molecule has 8 heteroatoms. The van der Waals surface area contributed by atoms with E-state index in [9.17, 15) is 9.60 Å². The zero-order valence-electron chi connectivity index (χ0n) is 14.8. The van der Waals surface area contributed by atoms with Crippen LogP contribution in [-0.4, -0.2) is 21.9 Å². The number of halogens is 2. The lowest BCUT2D eigenvalue weighted by molar-refractivity contribution is 0.235. The molecule has 1 aliphatic carbocycles. The van der Waals surface area contributed by atoms with Crippen LogP contribution >= 0.6 is 15.9 Å². The van der Waals surface area contributed by atoms with Crippen LogP contribution in [0.25, 0.3) is 0 Å². The summed E-state index contributed by atoms with van der Waals surface area (Å²) in [6, 6.07) is 4.28. The molecule has 6 nitrogen and oxygen atoms in total. The number of benzene rings is 1. The summed E-state index contributed by atoms with van der Waals surface area (Å²) in [4.78, 5) is 4.29. The fourth-order valence-electron chi connectivity index (χ4n) is 3.42. The van der Waals surface area contributed by atoms with Crippen molar-refractivity contribution in [3.8, 4) is 0 Å². The summed E-state index contributed by atoms with van der Waals surface area (Å²) in [6.45, 7) is 0. The average molecular weight is 437 g/mol. The lowest BCUT2D eigenvalue weighted by Gasteiger charge is -2.21. The van der Waals surface area contributed by atoms with Gasteiger partial charge in [0.05, 0.1) is 15.7 Å². The van der Waals surface area contributed by atoms with Crippen LogP contribution in [0.15, 0.2) is 38.5 Å². The lowest BCUT2D eigenvalue weighted by atomic mass is 9.85. The number of aliphatic imine (C=N–C) groups is 1. The molecule has 0 unspecified atom stereocenters. The van der Waals surface area contributed by atoms with Gasteiger partial charge in [-0.1, -0.05) is 37.3 Å². The number of aromatic nitrogens is 1. The van der Waals surface area contributed by atoms with E-state index in [1.165, 1.54) is 56.6 Å². The van der Waals surface area contributed by atoms with E-state index in [1.807, 2.05) is 0 Å². The van der Waals surface area contributed by atoms with E-state index in [0.29, 0.717) is 35.0 Å². The minimum Gasteiger partial charge on any atom is -0.364 e. The lowest BCUT2D eigenvalue weighted by Crippen LogP contribution is -2.22. The molecule has 0 aliphatic heterocycles. The Morgan fingerprint density at radius 2 is 2.15 bits per heavy atom. The van der Waals surface area contributed by atoms with Gasteiger partial charge in [0.25, 0.3) is 0 Å². The Hall–Kier alpha value is -2.06. The third-order valence-corrected chi connectivity index (χ3v) is 5.40. The van der Waals surface area contributed by atoms with Gasteiger partial charge in [-0.25, -0.2) is 9.38 Å². The summed E-state index contributed by atoms with van der Waals surface area (Å²) < 4.78 is 18.7. The minimum absolute atomic E-state index is 0.134. The SMILES string of the molecule is N=C(Cc1nocc1C(=Nc1ccc(F)c(Br)c1)NO)CC1CCCCC1. The molecule has 3 rings (SSSR count). The Bertz CT molecular complexity index is 831. The number of nitrogens with one attached hydrogen (secondary N) is 2. The van der Waals surface area contributed by atoms with Crippen LogP contribution in [-0.2, 0) is 6.42 Å². The van der Waals surface area contributed by atoms with Gasteiger partial charge in [-0.15, -0.1) is 0 Å². The van der Waals surface area contributed by atoms with Gasteiger partial charge in [-0.05, 0) is 46.5 Å². The summed E-state index contributed by atoms with van der Waals surface area (Å²) in [5.74, 6) is 0.312. The summed E-state index contributed by atoms with van der Waals surface area (Å²) in [7, 11) is 0. The van der Waals surface area contributed by atoms with E-state index in [4.69, 9.17) is 9.93 Å². The van der Waals surface area contributed by atoms with Gasteiger partial charge in [0.15, 0.2) is 5.84 Å². The Kier molecular flexibility index (Phi) is 6.73. The van der Waals surface area contributed by atoms with Crippen LogP contribution in [0.1, 0.15) is 49.8 Å². The van der Waals surface area contributed by atoms with Gasteiger partial charge < -0.3 is 9.93 Å². The van der Waals surface area contributed by atoms with Gasteiger partial charge in [-0.2, -0.15) is 0 Å². The quantitative estimate of drug-likeness (QED) is 0.330. The summed E-state index contributed by atoms with van der Waals surface area (Å²) >= 11 is 3.11. The molecule has 1 heterocycles. The van der Waals surface area contributed by atoms with Gasteiger partial charge in [-0.3, -0.25) is 10.7 Å². The van der Waals surface area contributed by atoms with Gasteiger partial charge in [0, 0.05) is 12.1 Å². The molecule has 1 aromatic carbocycles. The van der Waals surface area contributed by atoms with Crippen LogP contribution in [0.4, 0.5) is 10.1 Å². The van der Waals surface area contributed by atoms with Crippen molar-refractivity contribution in [2.75, 3.05) is 0 Å². The average Bonchev–Trinajstić information content (AvgIpc) is 3.11. The number of amidine groups is 1. The number of nitrogens with zero attached hydrogens (tertiary/aromatic N) is 2. The van der Waals surface area contributed by atoms with Crippen LogP contribution < -0.4 is 5.48 Å². The topological polar surface area (TPSA) is 94.5 Å². The second-order valence-corrected chi connectivity index (χ2v) is 7.69. The zero-order valence-corrected chi connectivity index (χ0v) is 16.4. The maximum atomic E-state index is 13.4. The van der Waals surface area contributed by atoms with Crippen LogP contribution in [0.2, 0.25) is 0 Å². The second kappa shape index (κ2) is 9.23. The predicted molar refractivity (Wildman–Crippen MR) is 104 cm³/mol. The third kappa shape index (κ3) is 5.23. The minimum atomic E-state index is -0.394. The van der Waals surface area contributed by atoms with Crippen molar-refractivity contribution in [1.29, 1.82) is 5.41 Å². The van der Waals surface area contributed by atoms with Crippen molar-refractivity contribution < 1.29 is 14.1 Å². The first kappa shape index (κ1) is 19.7. The first-order valence-electron chi connectivity index (χ1n) is 9.00. The van der Waals surface area contributed by atoms with Crippen molar-refractivity contribution in [2.24, 2.45) is 10.9 Å². The molecule has 2 aromatic rings. The predicted octanol–water partition coefficient (Wildman–Crippen LogP) is 5.17. The summed E-state index contributed by atoms with van der Waals surface area (Å²) in [6.07, 6.45) is 8.61. The van der Waals surface area contributed by atoms with Crippen molar-refractivity contribution in [2.45, 2.75) is 44.9 Å². The molecular formula is C19H22BrFN4O2. The number of hydroxylamine groups is 1. The monoisotopic (exact) mass is 436 g/mol. The zero-order chi connectivity index (χ0) is 19.2. The molecule has 0 spiro atoms. The van der Waals surface area contributed by atoms with Gasteiger partial charge in [0.1, 0.15) is 17.8 Å². The Labute approximate surface area is 165 Å². The van der Waals surface area contributed by atoms with E-state index in [1.54, 1.807) is 0 Å². The Morgan fingerprint density at radius 3 is 2.85 bits per heavy atom. The molecule has 0 bridgehead atoms. The van der Waals surface area contributed by atoms with Crippen molar-refractivity contribution in [3.63, 3.8) is 0 Å². The van der Waals surface area contributed by atoms with Crippen molar-refractivity contribution in [1.82, 2.24) is 10.6 Å². The standard InChI is InChI=1S/C19H22BrFN4O2/c20-16-10-14(6-7-17(16)21)23-19(24-26)15-11-27-25-18(15)9-13(22)8-12-4-2-1-3-5-12/h6-7,10-12,22,26H,1-5,8-9H2,(H,23,24). The second-order valence-electron chi connectivity index (χ2n) is 6.83. The van der Waals surface area contributed by atoms with E-state index in [0.717, 1.165) is 6.42 Å². The fraction of sp³-hybridized carbons (Fsp3) is 0.421. The van der Waals surface area contributed by atoms with E-state index in [2.05, 4.69) is 31.6 Å². The first-order valence-corrected chi connectivity index (χ1v) is 9.80. The molecule has 1 fully saturated rings. The molecule has 1 saturated carbocycles. The highest BCUT2D eigenvalue weighted by Gasteiger charge is 2.19. The van der Waals surface area contributed by atoms with E-state index < -0.39 is 5.82 Å². The van der Waals surface area contributed by atoms with Crippen LogP contribution in [0, 0.1) is 17.1 Å². The molecule has 1 aliphatic rings. The fourth-order valence-corrected chi connectivity index (χ4v) is 3.79. The molecular weight excluding hydrogens is 415 g/mol. The maximum absolute atomic E-state index is 13.4. The number of rotatable bonds is 6. The Balaban J connectivity index is 1.74. The molecule has 1 aromatic heterocycles. The van der Waals surface area contributed by atoms with Crippen molar-refractivity contribution >= 4 is 33.2 Å².